The number of nitrogens with two attached hydrogens (primary N) is 1. The first-order chi connectivity index (χ1) is 10.8. The Morgan fingerprint density at radius 2 is 1.91 bits per heavy atom. The number of carbonyl (C=O) groups excluding carboxylic acids is 1. The summed E-state index contributed by atoms with van der Waals surface area (Å²) in [6, 6.07) is 10.2. The first-order valence-electron chi connectivity index (χ1n) is 8.00. The fourth-order valence-corrected chi connectivity index (χ4v) is 2.55. The van der Waals surface area contributed by atoms with E-state index < -0.39 is 0 Å². The zero-order valence-electron chi connectivity index (χ0n) is 13.5. The summed E-state index contributed by atoms with van der Waals surface area (Å²) in [5, 5.41) is 0. The normalized spacial score (nSPS) is 15.0. The summed E-state index contributed by atoms with van der Waals surface area (Å²) in [4.78, 5) is 14.1. The minimum absolute atomic E-state index is 0. The van der Waals surface area contributed by atoms with Crippen LogP contribution >= 0.6 is 12.4 Å². The van der Waals surface area contributed by atoms with Crippen molar-refractivity contribution in [3.05, 3.63) is 35.9 Å². The van der Waals surface area contributed by atoms with Crippen molar-refractivity contribution in [2.45, 2.75) is 25.4 Å². The van der Waals surface area contributed by atoms with E-state index in [1.165, 1.54) is 5.56 Å². The zero-order chi connectivity index (χ0) is 15.6. The van der Waals surface area contributed by atoms with Gasteiger partial charge in [0.25, 0.3) is 0 Å². The van der Waals surface area contributed by atoms with E-state index in [4.69, 9.17) is 15.2 Å². The smallest absolute Gasteiger partial charge is 0.248 e. The van der Waals surface area contributed by atoms with Gasteiger partial charge < -0.3 is 20.1 Å². The Bertz CT molecular complexity index is 439. The summed E-state index contributed by atoms with van der Waals surface area (Å²) < 4.78 is 11.0. The molecule has 2 N–H and O–H groups in total. The number of rotatable bonds is 8. The molecular weight excluding hydrogens is 316 g/mol. The summed E-state index contributed by atoms with van der Waals surface area (Å²) >= 11 is 0. The maximum absolute atomic E-state index is 12.3. The number of benzene rings is 1. The van der Waals surface area contributed by atoms with Crippen LogP contribution in [-0.4, -0.2) is 56.4 Å². The standard InChI is InChI=1S/C17H26N2O3.ClH/c18-9-11-19(10-6-15-4-2-1-3-5-15)17(20)14-22-16-7-12-21-13-8-16;/h1-5,16H,6-14,18H2;1H. The molecule has 1 amide bonds. The van der Waals surface area contributed by atoms with Crippen molar-refractivity contribution in [2.75, 3.05) is 39.5 Å². The molecule has 1 heterocycles. The number of hydrogen-bond donors (Lipinski definition) is 1. The number of nitrogens with zero attached hydrogens (tertiary/aromatic N) is 1. The first kappa shape index (κ1) is 19.9. The highest BCUT2D eigenvalue weighted by molar-refractivity contribution is 5.85. The van der Waals surface area contributed by atoms with Crippen molar-refractivity contribution < 1.29 is 14.3 Å². The third-order valence-corrected chi connectivity index (χ3v) is 3.88. The average molecular weight is 343 g/mol. The summed E-state index contributed by atoms with van der Waals surface area (Å²) in [7, 11) is 0. The van der Waals surface area contributed by atoms with Crippen LogP contribution in [0.4, 0.5) is 0 Å². The van der Waals surface area contributed by atoms with Crippen molar-refractivity contribution in [1.82, 2.24) is 4.90 Å². The fraction of sp³-hybridized carbons (Fsp3) is 0.588. The number of halogens is 1. The molecule has 1 saturated heterocycles. The molecule has 5 nitrogen and oxygen atoms in total. The minimum atomic E-state index is 0. The van der Waals surface area contributed by atoms with Crippen LogP contribution in [0, 0.1) is 0 Å². The van der Waals surface area contributed by atoms with Gasteiger partial charge in [0.15, 0.2) is 0 Å². The van der Waals surface area contributed by atoms with E-state index in [9.17, 15) is 4.79 Å². The monoisotopic (exact) mass is 342 g/mol. The molecule has 0 aromatic heterocycles. The van der Waals surface area contributed by atoms with E-state index >= 15 is 0 Å². The molecule has 1 aliphatic rings. The van der Waals surface area contributed by atoms with E-state index in [0.29, 0.717) is 19.6 Å². The molecule has 0 spiro atoms. The molecule has 0 aliphatic carbocycles. The molecule has 0 bridgehead atoms. The third-order valence-electron chi connectivity index (χ3n) is 3.88. The maximum Gasteiger partial charge on any atom is 0.248 e. The molecule has 1 aromatic rings. The van der Waals surface area contributed by atoms with Crippen LogP contribution in [0.2, 0.25) is 0 Å². The lowest BCUT2D eigenvalue weighted by Gasteiger charge is -2.25. The molecule has 0 atom stereocenters. The Morgan fingerprint density at radius 3 is 2.57 bits per heavy atom. The summed E-state index contributed by atoms with van der Waals surface area (Å²) in [6.07, 6.45) is 2.72. The molecule has 2 rings (SSSR count). The van der Waals surface area contributed by atoms with Gasteiger partial charge in [-0.1, -0.05) is 30.3 Å². The molecule has 130 valence electrons. The molecule has 6 heteroatoms. The second-order valence-electron chi connectivity index (χ2n) is 5.53. The molecule has 0 saturated carbocycles. The second-order valence-corrected chi connectivity index (χ2v) is 5.53. The highest BCUT2D eigenvalue weighted by atomic mass is 35.5. The summed E-state index contributed by atoms with van der Waals surface area (Å²) in [5.74, 6) is 0.0212. The summed E-state index contributed by atoms with van der Waals surface area (Å²) in [5.41, 5.74) is 6.85. The predicted molar refractivity (Wildman–Crippen MR) is 92.8 cm³/mol. The maximum atomic E-state index is 12.3. The highest BCUT2D eigenvalue weighted by Crippen LogP contribution is 2.11. The van der Waals surface area contributed by atoms with Crippen LogP contribution in [-0.2, 0) is 20.7 Å². The first-order valence-corrected chi connectivity index (χ1v) is 8.00. The van der Waals surface area contributed by atoms with Crippen molar-refractivity contribution >= 4 is 18.3 Å². The molecule has 0 unspecified atom stereocenters. The lowest BCUT2D eigenvalue weighted by molar-refractivity contribution is -0.140. The van der Waals surface area contributed by atoms with Crippen LogP contribution in [0.25, 0.3) is 0 Å². The van der Waals surface area contributed by atoms with E-state index in [0.717, 1.165) is 32.5 Å². The van der Waals surface area contributed by atoms with Crippen molar-refractivity contribution in [3.8, 4) is 0 Å². The largest absolute Gasteiger partial charge is 0.381 e. The van der Waals surface area contributed by atoms with Crippen LogP contribution in [0.15, 0.2) is 30.3 Å². The van der Waals surface area contributed by atoms with Gasteiger partial charge in [-0.15, -0.1) is 12.4 Å². The van der Waals surface area contributed by atoms with Crippen molar-refractivity contribution in [2.24, 2.45) is 5.73 Å². The molecule has 1 aromatic carbocycles. The van der Waals surface area contributed by atoms with Gasteiger partial charge in [0, 0.05) is 32.8 Å². The molecule has 1 fully saturated rings. The van der Waals surface area contributed by atoms with E-state index in [1.54, 1.807) is 4.90 Å². The van der Waals surface area contributed by atoms with E-state index in [-0.39, 0.29) is 31.0 Å². The minimum Gasteiger partial charge on any atom is -0.381 e. The van der Waals surface area contributed by atoms with Crippen LogP contribution in [0.3, 0.4) is 0 Å². The number of amides is 1. The molecule has 0 radical (unpaired) electrons. The van der Waals surface area contributed by atoms with Gasteiger partial charge in [0.2, 0.25) is 5.91 Å². The average Bonchev–Trinajstić information content (AvgIpc) is 2.58. The van der Waals surface area contributed by atoms with Gasteiger partial charge in [0.05, 0.1) is 6.10 Å². The highest BCUT2D eigenvalue weighted by Gasteiger charge is 2.18. The Labute approximate surface area is 144 Å². The number of carbonyl (C=O) groups is 1. The SMILES string of the molecule is Cl.NCCN(CCc1ccccc1)C(=O)COC1CCOCC1. The lowest BCUT2D eigenvalue weighted by atomic mass is 10.1. The van der Waals surface area contributed by atoms with Gasteiger partial charge >= 0.3 is 0 Å². The Morgan fingerprint density at radius 1 is 1.22 bits per heavy atom. The van der Waals surface area contributed by atoms with Crippen LogP contribution < -0.4 is 5.73 Å². The predicted octanol–water partition coefficient (Wildman–Crippen LogP) is 1.63. The lowest BCUT2D eigenvalue weighted by Crippen LogP contribution is -2.40. The molecule has 23 heavy (non-hydrogen) atoms. The Balaban J connectivity index is 0.00000264. The molecular formula is C17H27ClN2O3. The quantitative estimate of drug-likeness (QED) is 0.780. The summed E-state index contributed by atoms with van der Waals surface area (Å²) in [6.45, 7) is 3.30. The third kappa shape index (κ3) is 7.31. The second kappa shape index (κ2) is 11.4. The van der Waals surface area contributed by atoms with Gasteiger partial charge in [-0.25, -0.2) is 0 Å². The molecule has 1 aliphatic heterocycles. The van der Waals surface area contributed by atoms with E-state index in [2.05, 4.69) is 12.1 Å². The fourth-order valence-electron chi connectivity index (χ4n) is 2.55. The zero-order valence-corrected chi connectivity index (χ0v) is 14.3. The van der Waals surface area contributed by atoms with Gasteiger partial charge in [-0.2, -0.15) is 0 Å². The topological polar surface area (TPSA) is 64.8 Å². The Hall–Kier alpha value is -1.14. The van der Waals surface area contributed by atoms with Crippen molar-refractivity contribution in [1.29, 1.82) is 0 Å². The van der Waals surface area contributed by atoms with Crippen molar-refractivity contribution in [3.63, 3.8) is 0 Å². The number of hydrogen-bond acceptors (Lipinski definition) is 4. The number of ether oxygens (including phenoxy) is 2. The van der Waals surface area contributed by atoms with Crippen LogP contribution in [0.5, 0.6) is 0 Å². The van der Waals surface area contributed by atoms with E-state index in [1.807, 2.05) is 18.2 Å². The van der Waals surface area contributed by atoms with Crippen LogP contribution in [0.1, 0.15) is 18.4 Å². The Kier molecular flexibility index (Phi) is 9.87. The van der Waals surface area contributed by atoms with Gasteiger partial charge in [-0.05, 0) is 24.8 Å². The van der Waals surface area contributed by atoms with Gasteiger partial charge in [0.1, 0.15) is 6.61 Å². The van der Waals surface area contributed by atoms with Gasteiger partial charge in [-0.3, -0.25) is 4.79 Å².